The lowest BCUT2D eigenvalue weighted by atomic mass is 9.84. The number of aromatic nitrogens is 3. The van der Waals surface area contributed by atoms with E-state index in [1.54, 1.807) is 0 Å². The standard InChI is InChI=1S/C70H49N3/c1-48-15-14-16-55(43-48)49-26-28-52(29-27-49)67-47-56(70-25-10-13-42-73-70)38-39-66(67)65-22-7-6-21-64(65)59-45-57(62-19-4-2-17-60(62)50-30-34-53(35-31-50)68-23-8-11-40-71-68)44-58(46-59)63-20-5-3-18-61(63)51-32-36-54(37-33-51)69-24-9-12-41-72-69/h2-47H,1H3. The molecule has 344 valence electrons. The van der Waals surface area contributed by atoms with Gasteiger partial charge >= 0.3 is 0 Å². The molecule has 3 aromatic heterocycles. The molecule has 0 aliphatic rings. The van der Waals surface area contributed by atoms with Crippen molar-refractivity contribution in [3.63, 3.8) is 0 Å². The van der Waals surface area contributed by atoms with Crippen molar-refractivity contribution in [1.29, 1.82) is 0 Å². The van der Waals surface area contributed by atoms with Crippen LogP contribution in [0, 0.1) is 6.92 Å². The summed E-state index contributed by atoms with van der Waals surface area (Å²) in [6.45, 7) is 2.15. The van der Waals surface area contributed by atoms with E-state index in [1.807, 2.05) is 48.9 Å². The number of nitrogens with zero attached hydrogens (tertiary/aromatic N) is 3. The molecular formula is C70H49N3. The largest absolute Gasteiger partial charge is 0.256 e. The monoisotopic (exact) mass is 931 g/mol. The fourth-order valence-electron chi connectivity index (χ4n) is 10.1. The minimum Gasteiger partial charge on any atom is -0.256 e. The van der Waals surface area contributed by atoms with Gasteiger partial charge in [-0.15, -0.1) is 0 Å². The normalized spacial score (nSPS) is 11.1. The van der Waals surface area contributed by atoms with Crippen molar-refractivity contribution >= 4 is 0 Å². The Hall–Kier alpha value is -9.57. The molecule has 0 aliphatic heterocycles. The predicted molar refractivity (Wildman–Crippen MR) is 304 cm³/mol. The summed E-state index contributed by atoms with van der Waals surface area (Å²) in [4.78, 5) is 14.0. The van der Waals surface area contributed by atoms with Crippen LogP contribution in [0.4, 0.5) is 0 Å². The first-order valence-electron chi connectivity index (χ1n) is 24.8. The summed E-state index contributed by atoms with van der Waals surface area (Å²) in [6, 6.07) is 93.9. The minimum atomic E-state index is 0.937. The van der Waals surface area contributed by atoms with Gasteiger partial charge in [-0.3, -0.25) is 15.0 Å². The number of hydrogen-bond acceptors (Lipinski definition) is 3. The summed E-state index contributed by atoms with van der Waals surface area (Å²) in [5.41, 5.74) is 25.7. The van der Waals surface area contributed by atoms with E-state index in [-0.39, 0.29) is 0 Å². The van der Waals surface area contributed by atoms with Crippen molar-refractivity contribution in [3.05, 3.63) is 285 Å². The van der Waals surface area contributed by atoms with Gasteiger partial charge in [0.15, 0.2) is 0 Å². The van der Waals surface area contributed by atoms with E-state index < -0.39 is 0 Å². The Balaban J connectivity index is 1.03. The van der Waals surface area contributed by atoms with Crippen LogP contribution in [0.5, 0.6) is 0 Å². The second kappa shape index (κ2) is 20.0. The van der Waals surface area contributed by atoms with Crippen molar-refractivity contribution in [2.24, 2.45) is 0 Å². The van der Waals surface area contributed by atoms with Crippen LogP contribution in [0.1, 0.15) is 5.56 Å². The minimum absolute atomic E-state index is 0.937. The third-order valence-electron chi connectivity index (χ3n) is 13.8. The Bertz CT molecular complexity index is 3720. The molecule has 73 heavy (non-hydrogen) atoms. The van der Waals surface area contributed by atoms with Gasteiger partial charge in [-0.05, 0) is 157 Å². The summed E-state index contributed by atoms with van der Waals surface area (Å²) < 4.78 is 0. The van der Waals surface area contributed by atoms with Gasteiger partial charge in [0, 0.05) is 35.3 Å². The molecule has 0 N–H and O–H groups in total. The summed E-state index contributed by atoms with van der Waals surface area (Å²) >= 11 is 0. The third kappa shape index (κ3) is 9.32. The van der Waals surface area contributed by atoms with Crippen molar-refractivity contribution in [3.8, 4) is 123 Å². The Kier molecular flexibility index (Phi) is 12.2. The lowest BCUT2D eigenvalue weighted by molar-refractivity contribution is 1.33. The van der Waals surface area contributed by atoms with Crippen LogP contribution < -0.4 is 0 Å². The highest BCUT2D eigenvalue weighted by Gasteiger charge is 2.19. The van der Waals surface area contributed by atoms with Crippen LogP contribution in [-0.4, -0.2) is 15.0 Å². The molecule has 0 fully saturated rings. The van der Waals surface area contributed by atoms with Gasteiger partial charge in [-0.2, -0.15) is 0 Å². The zero-order chi connectivity index (χ0) is 48.9. The average Bonchev–Trinajstić information content (AvgIpc) is 3.48. The Morgan fingerprint density at radius 1 is 0.192 bits per heavy atom. The molecule has 0 saturated carbocycles. The molecule has 3 heterocycles. The van der Waals surface area contributed by atoms with E-state index in [0.29, 0.717) is 0 Å². The van der Waals surface area contributed by atoms with Gasteiger partial charge in [-0.1, -0.05) is 206 Å². The predicted octanol–water partition coefficient (Wildman–Crippen LogP) is 18.5. The number of rotatable bonds is 11. The maximum absolute atomic E-state index is 4.78. The topological polar surface area (TPSA) is 38.7 Å². The Morgan fingerprint density at radius 2 is 0.534 bits per heavy atom. The first-order chi connectivity index (χ1) is 36.1. The molecule has 0 amide bonds. The zero-order valence-electron chi connectivity index (χ0n) is 40.4. The molecule has 0 spiro atoms. The van der Waals surface area contributed by atoms with E-state index in [4.69, 9.17) is 4.98 Å². The van der Waals surface area contributed by atoms with Gasteiger partial charge in [0.25, 0.3) is 0 Å². The molecule has 0 bridgehead atoms. The molecule has 0 atom stereocenters. The molecule has 12 aromatic rings. The van der Waals surface area contributed by atoms with Crippen LogP contribution in [0.15, 0.2) is 279 Å². The SMILES string of the molecule is Cc1cccc(-c2ccc(-c3cc(-c4ccccn4)ccc3-c3ccccc3-c3cc(-c4ccccc4-c4ccc(-c5ccccn5)cc4)cc(-c4ccccc4-c4ccc(-c5ccccn5)cc4)c3)cc2)c1. The third-order valence-corrected chi connectivity index (χ3v) is 13.8. The average molecular weight is 932 g/mol. The van der Waals surface area contributed by atoms with Crippen LogP contribution in [0.3, 0.4) is 0 Å². The molecule has 0 radical (unpaired) electrons. The van der Waals surface area contributed by atoms with E-state index in [0.717, 1.165) is 112 Å². The Labute approximate surface area is 427 Å². The van der Waals surface area contributed by atoms with E-state index in [1.165, 1.54) is 16.7 Å². The van der Waals surface area contributed by atoms with E-state index >= 15 is 0 Å². The van der Waals surface area contributed by atoms with Crippen LogP contribution in [-0.2, 0) is 0 Å². The summed E-state index contributed by atoms with van der Waals surface area (Å²) in [5.74, 6) is 0. The second-order valence-corrected chi connectivity index (χ2v) is 18.4. The first kappa shape index (κ1) is 44.6. The van der Waals surface area contributed by atoms with Crippen LogP contribution in [0.2, 0.25) is 0 Å². The zero-order valence-corrected chi connectivity index (χ0v) is 40.4. The van der Waals surface area contributed by atoms with Crippen LogP contribution in [0.25, 0.3) is 123 Å². The summed E-state index contributed by atoms with van der Waals surface area (Å²) in [7, 11) is 0. The first-order valence-corrected chi connectivity index (χ1v) is 24.8. The number of pyridine rings is 3. The van der Waals surface area contributed by atoms with Gasteiger partial charge < -0.3 is 0 Å². The smallest absolute Gasteiger partial charge is 0.0702 e. The molecule has 0 unspecified atom stereocenters. The van der Waals surface area contributed by atoms with Crippen molar-refractivity contribution in [2.45, 2.75) is 6.92 Å². The highest BCUT2D eigenvalue weighted by molar-refractivity contribution is 5.97. The molecular weight excluding hydrogens is 883 g/mol. The van der Waals surface area contributed by atoms with Gasteiger partial charge in [0.1, 0.15) is 0 Å². The number of benzene rings is 9. The van der Waals surface area contributed by atoms with Crippen molar-refractivity contribution < 1.29 is 0 Å². The molecule has 12 rings (SSSR count). The van der Waals surface area contributed by atoms with Crippen molar-refractivity contribution in [2.75, 3.05) is 0 Å². The lowest BCUT2D eigenvalue weighted by Crippen LogP contribution is -1.94. The molecule has 0 aliphatic carbocycles. The van der Waals surface area contributed by atoms with Gasteiger partial charge in [0.2, 0.25) is 0 Å². The molecule has 3 nitrogen and oxygen atoms in total. The lowest BCUT2D eigenvalue weighted by Gasteiger charge is -2.19. The van der Waals surface area contributed by atoms with E-state index in [2.05, 4.69) is 247 Å². The molecule has 0 saturated heterocycles. The van der Waals surface area contributed by atoms with Crippen molar-refractivity contribution in [1.82, 2.24) is 15.0 Å². The molecule has 9 aromatic carbocycles. The number of aryl methyl sites for hydroxylation is 1. The maximum Gasteiger partial charge on any atom is 0.0702 e. The van der Waals surface area contributed by atoms with Gasteiger partial charge in [-0.25, -0.2) is 0 Å². The number of hydrogen-bond donors (Lipinski definition) is 0. The quantitative estimate of drug-likeness (QED) is 0.130. The van der Waals surface area contributed by atoms with E-state index in [9.17, 15) is 0 Å². The fourth-order valence-corrected chi connectivity index (χ4v) is 10.1. The Morgan fingerprint density at radius 3 is 0.973 bits per heavy atom. The highest BCUT2D eigenvalue weighted by Crippen LogP contribution is 2.45. The maximum atomic E-state index is 4.78. The fraction of sp³-hybridized carbons (Fsp3) is 0.0143. The van der Waals surface area contributed by atoms with Gasteiger partial charge in [0.05, 0.1) is 17.1 Å². The summed E-state index contributed by atoms with van der Waals surface area (Å²) in [6.07, 6.45) is 5.56. The summed E-state index contributed by atoms with van der Waals surface area (Å²) in [5, 5.41) is 0. The van der Waals surface area contributed by atoms with Crippen LogP contribution >= 0.6 is 0 Å². The highest BCUT2D eigenvalue weighted by atomic mass is 14.7. The second-order valence-electron chi connectivity index (χ2n) is 18.4. The molecule has 3 heteroatoms.